The molecule has 0 aliphatic carbocycles. The van der Waals surface area contributed by atoms with Gasteiger partial charge in [0.1, 0.15) is 5.82 Å². The molecule has 7 nitrogen and oxygen atoms in total. The minimum absolute atomic E-state index is 0.102. The highest BCUT2D eigenvalue weighted by atomic mass is 32.2. The second-order valence-corrected chi connectivity index (χ2v) is 9.19. The van der Waals surface area contributed by atoms with Crippen LogP contribution in [0.15, 0.2) is 53.4 Å². The first kappa shape index (κ1) is 21.9. The number of rotatable bonds is 6. The summed E-state index contributed by atoms with van der Waals surface area (Å²) in [5.41, 5.74) is 1.28. The van der Waals surface area contributed by atoms with Crippen LogP contribution in [0.25, 0.3) is 0 Å². The second-order valence-electron chi connectivity index (χ2n) is 7.25. The minimum atomic E-state index is -3.75. The fraction of sp³-hybridized carbons (Fsp3) is 0.333. The Morgan fingerprint density at radius 3 is 2.40 bits per heavy atom. The zero-order valence-corrected chi connectivity index (χ0v) is 17.4. The number of amides is 2. The highest BCUT2D eigenvalue weighted by Gasteiger charge is 2.33. The lowest BCUT2D eigenvalue weighted by Crippen LogP contribution is -2.45. The van der Waals surface area contributed by atoms with Crippen molar-refractivity contribution in [3.05, 3.63) is 59.9 Å². The topological polar surface area (TPSA) is 95.6 Å². The molecular weight excluding hydrogens is 409 g/mol. The van der Waals surface area contributed by atoms with Crippen LogP contribution in [0.3, 0.4) is 0 Å². The molecule has 0 spiro atoms. The van der Waals surface area contributed by atoms with Gasteiger partial charge in [-0.25, -0.2) is 12.8 Å². The molecule has 30 heavy (non-hydrogen) atoms. The molecule has 1 fully saturated rings. The van der Waals surface area contributed by atoms with Crippen molar-refractivity contribution in [2.24, 2.45) is 5.92 Å². The number of carbonyl (C=O) groups excluding carboxylic acids is 2. The second kappa shape index (κ2) is 9.36. The quantitative estimate of drug-likeness (QED) is 0.732. The van der Waals surface area contributed by atoms with Gasteiger partial charge in [0.25, 0.3) is 0 Å². The van der Waals surface area contributed by atoms with Gasteiger partial charge in [0.15, 0.2) is 0 Å². The van der Waals surface area contributed by atoms with Crippen molar-refractivity contribution in [3.63, 3.8) is 0 Å². The van der Waals surface area contributed by atoms with E-state index >= 15 is 0 Å². The number of nitrogens with zero attached hydrogens (tertiary/aromatic N) is 1. The van der Waals surface area contributed by atoms with Gasteiger partial charge in [-0.15, -0.1) is 0 Å². The molecule has 1 aliphatic heterocycles. The number of hydrogen-bond acceptors (Lipinski definition) is 4. The zero-order chi connectivity index (χ0) is 21.7. The third kappa shape index (κ3) is 5.43. The Hall–Kier alpha value is -2.78. The van der Waals surface area contributed by atoms with Gasteiger partial charge in [0.05, 0.1) is 10.8 Å². The molecule has 1 saturated heterocycles. The van der Waals surface area contributed by atoms with E-state index in [0.717, 1.165) is 5.56 Å². The van der Waals surface area contributed by atoms with Crippen LogP contribution in [0, 0.1) is 11.7 Å². The predicted molar refractivity (Wildman–Crippen MR) is 110 cm³/mol. The third-order valence-electron chi connectivity index (χ3n) is 4.95. The summed E-state index contributed by atoms with van der Waals surface area (Å²) in [6, 6.07) is 11.8. The van der Waals surface area contributed by atoms with Gasteiger partial charge in [-0.2, -0.15) is 4.31 Å². The molecule has 1 heterocycles. The zero-order valence-electron chi connectivity index (χ0n) is 16.6. The van der Waals surface area contributed by atoms with Gasteiger partial charge in [-0.05, 0) is 54.8 Å². The van der Waals surface area contributed by atoms with E-state index in [1.54, 1.807) is 12.1 Å². The van der Waals surface area contributed by atoms with Crippen LogP contribution in [0.5, 0.6) is 0 Å². The average molecular weight is 434 g/mol. The first-order valence-corrected chi connectivity index (χ1v) is 11.1. The van der Waals surface area contributed by atoms with E-state index in [0.29, 0.717) is 25.1 Å². The Labute approximate surface area is 175 Å². The summed E-state index contributed by atoms with van der Waals surface area (Å²) in [5.74, 6) is -1.26. The maximum absolute atomic E-state index is 13.0. The molecule has 2 aromatic rings. The van der Waals surface area contributed by atoms with E-state index in [1.807, 2.05) is 0 Å². The first-order valence-electron chi connectivity index (χ1n) is 9.65. The highest BCUT2D eigenvalue weighted by molar-refractivity contribution is 7.89. The fourth-order valence-electron chi connectivity index (χ4n) is 3.37. The van der Waals surface area contributed by atoms with Crippen molar-refractivity contribution in [1.29, 1.82) is 0 Å². The maximum Gasteiger partial charge on any atom is 0.243 e. The normalized spacial score (nSPS) is 17.3. The van der Waals surface area contributed by atoms with E-state index in [1.165, 1.54) is 47.6 Å². The Morgan fingerprint density at radius 1 is 1.10 bits per heavy atom. The van der Waals surface area contributed by atoms with E-state index in [9.17, 15) is 22.4 Å². The van der Waals surface area contributed by atoms with Crippen LogP contribution in [0.4, 0.5) is 10.1 Å². The number of hydrogen-bond donors (Lipinski definition) is 2. The van der Waals surface area contributed by atoms with Crippen LogP contribution in [-0.2, 0) is 26.2 Å². The van der Waals surface area contributed by atoms with E-state index in [2.05, 4.69) is 10.6 Å². The highest BCUT2D eigenvalue weighted by Crippen LogP contribution is 2.25. The predicted octanol–water partition coefficient (Wildman–Crippen LogP) is 2.50. The van der Waals surface area contributed by atoms with Crippen molar-refractivity contribution >= 4 is 27.5 Å². The minimum Gasteiger partial charge on any atom is -0.352 e. The summed E-state index contributed by atoms with van der Waals surface area (Å²) in [4.78, 5) is 23.8. The van der Waals surface area contributed by atoms with Gasteiger partial charge in [0.2, 0.25) is 21.8 Å². The Balaban J connectivity index is 1.63. The molecular formula is C21H24FN3O4S. The van der Waals surface area contributed by atoms with Crippen LogP contribution in [0.2, 0.25) is 0 Å². The van der Waals surface area contributed by atoms with E-state index < -0.39 is 15.9 Å². The molecule has 3 rings (SSSR count). The number of benzene rings is 2. The molecule has 9 heteroatoms. The lowest BCUT2D eigenvalue weighted by Gasteiger charge is -2.31. The van der Waals surface area contributed by atoms with Gasteiger partial charge in [0, 0.05) is 32.2 Å². The standard InChI is InChI=1S/C21H24FN3O4S/c1-15(26)24-19-8-10-20(11-9-19)30(28,29)25-12-2-3-17(14-25)21(27)23-13-16-4-6-18(22)7-5-16/h4-11,17H,2-3,12-14H2,1H3,(H,23,27)(H,24,26)/t17-/m0/s1. The van der Waals surface area contributed by atoms with Crippen molar-refractivity contribution in [2.45, 2.75) is 31.2 Å². The van der Waals surface area contributed by atoms with Crippen molar-refractivity contribution in [2.75, 3.05) is 18.4 Å². The van der Waals surface area contributed by atoms with Crippen molar-refractivity contribution < 1.29 is 22.4 Å². The Morgan fingerprint density at radius 2 is 1.77 bits per heavy atom. The summed E-state index contributed by atoms with van der Waals surface area (Å²) < 4.78 is 40.2. The Kier molecular flexibility index (Phi) is 6.84. The number of carbonyl (C=O) groups is 2. The largest absolute Gasteiger partial charge is 0.352 e. The van der Waals surface area contributed by atoms with Crippen LogP contribution >= 0.6 is 0 Å². The molecule has 2 N–H and O–H groups in total. The molecule has 160 valence electrons. The monoisotopic (exact) mass is 433 g/mol. The van der Waals surface area contributed by atoms with Gasteiger partial charge >= 0.3 is 0 Å². The van der Waals surface area contributed by atoms with Crippen LogP contribution in [-0.4, -0.2) is 37.6 Å². The summed E-state index contributed by atoms with van der Waals surface area (Å²) >= 11 is 0. The van der Waals surface area contributed by atoms with Crippen molar-refractivity contribution in [1.82, 2.24) is 9.62 Å². The molecule has 2 aromatic carbocycles. The number of anilines is 1. The maximum atomic E-state index is 13.0. The lowest BCUT2D eigenvalue weighted by atomic mass is 9.99. The van der Waals surface area contributed by atoms with Gasteiger partial charge in [-0.1, -0.05) is 12.1 Å². The molecule has 0 unspecified atom stereocenters. The van der Waals surface area contributed by atoms with E-state index in [4.69, 9.17) is 0 Å². The molecule has 0 aromatic heterocycles. The summed E-state index contributed by atoms with van der Waals surface area (Å²) in [6.07, 6.45) is 1.18. The molecule has 2 amide bonds. The summed E-state index contributed by atoms with van der Waals surface area (Å²) in [7, 11) is -3.75. The number of sulfonamides is 1. The Bertz CT molecular complexity index is 1010. The lowest BCUT2D eigenvalue weighted by molar-refractivity contribution is -0.126. The average Bonchev–Trinajstić information content (AvgIpc) is 2.73. The molecule has 1 atom stereocenters. The molecule has 0 saturated carbocycles. The van der Waals surface area contributed by atoms with Gasteiger partial charge in [-0.3, -0.25) is 9.59 Å². The number of nitrogens with one attached hydrogen (secondary N) is 2. The smallest absolute Gasteiger partial charge is 0.243 e. The number of halogens is 1. The summed E-state index contributed by atoms with van der Waals surface area (Å²) in [6.45, 7) is 2.08. The van der Waals surface area contributed by atoms with Gasteiger partial charge < -0.3 is 10.6 Å². The van der Waals surface area contributed by atoms with Crippen LogP contribution < -0.4 is 10.6 Å². The molecule has 0 radical (unpaired) electrons. The molecule has 1 aliphatic rings. The SMILES string of the molecule is CC(=O)Nc1ccc(S(=O)(=O)N2CCC[C@H](C(=O)NCc3ccc(F)cc3)C2)cc1. The molecule has 0 bridgehead atoms. The summed E-state index contributed by atoms with van der Waals surface area (Å²) in [5, 5.41) is 5.40. The third-order valence-corrected chi connectivity index (χ3v) is 6.83. The first-order chi connectivity index (χ1) is 14.3. The van der Waals surface area contributed by atoms with Crippen molar-refractivity contribution in [3.8, 4) is 0 Å². The van der Waals surface area contributed by atoms with Crippen LogP contribution in [0.1, 0.15) is 25.3 Å². The van der Waals surface area contributed by atoms with E-state index in [-0.39, 0.29) is 35.6 Å². The fourth-order valence-corrected chi connectivity index (χ4v) is 4.90. The number of piperidine rings is 1.